The molecule has 1 heterocycles. The molecule has 1 aromatic carbocycles. The molecule has 0 unspecified atom stereocenters. The molecule has 0 fully saturated rings. The zero-order valence-corrected chi connectivity index (χ0v) is 8.95. The largest absolute Gasteiger partial charge is 0.493 e. The van der Waals surface area contributed by atoms with Gasteiger partial charge in [0.05, 0.1) is 5.69 Å². The predicted octanol–water partition coefficient (Wildman–Crippen LogP) is 2.00. The van der Waals surface area contributed by atoms with Crippen LogP contribution in [0.15, 0.2) is 48.5 Å². The van der Waals surface area contributed by atoms with Crippen LogP contribution in [0, 0.1) is 0 Å². The lowest BCUT2D eigenvalue weighted by molar-refractivity contribution is 0.256. The van der Waals surface area contributed by atoms with Gasteiger partial charge in [0.15, 0.2) is 0 Å². The van der Waals surface area contributed by atoms with Gasteiger partial charge in [0.1, 0.15) is 5.82 Å². The summed E-state index contributed by atoms with van der Waals surface area (Å²) in [5.41, 5.74) is 5.91. The highest BCUT2D eigenvalue weighted by atomic mass is 16.3. The summed E-state index contributed by atoms with van der Waals surface area (Å²) in [6.07, 6.45) is 0. The number of anilines is 2. The Morgan fingerprint density at radius 3 is 2.41 bits per heavy atom. The quantitative estimate of drug-likeness (QED) is 0.826. The summed E-state index contributed by atoms with van der Waals surface area (Å²) in [7, 11) is 0. The number of primary amides is 1. The Hall–Kier alpha value is -2.56. The van der Waals surface area contributed by atoms with Crippen LogP contribution in [0.5, 0.6) is 5.88 Å². The van der Waals surface area contributed by atoms with Gasteiger partial charge in [-0.15, -0.1) is 0 Å². The zero-order valence-electron chi connectivity index (χ0n) is 8.95. The van der Waals surface area contributed by atoms with Crippen molar-refractivity contribution in [3.05, 3.63) is 48.5 Å². The van der Waals surface area contributed by atoms with E-state index in [0.29, 0.717) is 5.69 Å². The maximum Gasteiger partial charge on any atom is 0.325 e. The van der Waals surface area contributed by atoms with Crippen molar-refractivity contribution in [3.63, 3.8) is 0 Å². The van der Waals surface area contributed by atoms with Crippen molar-refractivity contribution in [3.8, 4) is 5.88 Å². The second-order valence-electron chi connectivity index (χ2n) is 3.36. The second-order valence-corrected chi connectivity index (χ2v) is 3.36. The van der Waals surface area contributed by atoms with E-state index in [9.17, 15) is 9.90 Å². The van der Waals surface area contributed by atoms with Crippen LogP contribution in [0.25, 0.3) is 0 Å². The minimum absolute atomic E-state index is 0.162. The number of hydrogen-bond donors (Lipinski definition) is 2. The number of pyridine rings is 1. The third-order valence-corrected chi connectivity index (χ3v) is 2.18. The Labute approximate surface area is 98.1 Å². The van der Waals surface area contributed by atoms with Gasteiger partial charge in [0, 0.05) is 6.07 Å². The summed E-state index contributed by atoms with van der Waals surface area (Å²) in [4.78, 5) is 16.5. The van der Waals surface area contributed by atoms with Crippen LogP contribution in [0.1, 0.15) is 0 Å². The molecule has 0 bridgehead atoms. The highest BCUT2D eigenvalue weighted by Crippen LogP contribution is 2.24. The number of nitrogens with two attached hydrogens (primary N) is 1. The molecule has 0 atom stereocenters. The van der Waals surface area contributed by atoms with Crippen LogP contribution >= 0.6 is 0 Å². The number of carbonyl (C=O) groups is 1. The Bertz CT molecular complexity index is 528. The van der Waals surface area contributed by atoms with E-state index < -0.39 is 6.03 Å². The van der Waals surface area contributed by atoms with Crippen molar-refractivity contribution in [2.45, 2.75) is 0 Å². The molecule has 2 amide bonds. The van der Waals surface area contributed by atoms with Crippen LogP contribution in [0.3, 0.4) is 0 Å². The number of hydrogen-bond acceptors (Lipinski definition) is 3. The molecule has 0 saturated carbocycles. The van der Waals surface area contributed by atoms with Crippen LogP contribution in [-0.4, -0.2) is 16.1 Å². The highest BCUT2D eigenvalue weighted by molar-refractivity contribution is 5.97. The van der Waals surface area contributed by atoms with E-state index in [2.05, 4.69) is 4.98 Å². The van der Waals surface area contributed by atoms with Crippen molar-refractivity contribution in [2.24, 2.45) is 5.73 Å². The van der Waals surface area contributed by atoms with Crippen LogP contribution in [0.2, 0.25) is 0 Å². The summed E-state index contributed by atoms with van der Waals surface area (Å²) in [6, 6.07) is 12.8. The number of urea groups is 1. The van der Waals surface area contributed by atoms with E-state index in [4.69, 9.17) is 5.73 Å². The number of amides is 2. The summed E-state index contributed by atoms with van der Waals surface area (Å²) in [5.74, 6) is 0.119. The monoisotopic (exact) mass is 229 g/mol. The average Bonchev–Trinajstić information content (AvgIpc) is 2.30. The molecular weight excluding hydrogens is 218 g/mol. The molecule has 0 aliphatic rings. The van der Waals surface area contributed by atoms with Gasteiger partial charge in [0.2, 0.25) is 5.88 Å². The van der Waals surface area contributed by atoms with Crippen molar-refractivity contribution >= 4 is 17.5 Å². The Balaban J connectivity index is 2.47. The average molecular weight is 229 g/mol. The molecule has 0 spiro atoms. The van der Waals surface area contributed by atoms with Crippen LogP contribution in [-0.2, 0) is 0 Å². The van der Waals surface area contributed by atoms with Crippen LogP contribution in [0.4, 0.5) is 16.3 Å². The first-order valence-electron chi connectivity index (χ1n) is 4.99. The molecule has 0 radical (unpaired) electrons. The lowest BCUT2D eigenvalue weighted by Gasteiger charge is -2.19. The van der Waals surface area contributed by atoms with E-state index in [1.807, 2.05) is 6.07 Å². The lowest BCUT2D eigenvalue weighted by atomic mass is 10.3. The lowest BCUT2D eigenvalue weighted by Crippen LogP contribution is -2.31. The molecule has 17 heavy (non-hydrogen) atoms. The smallest absolute Gasteiger partial charge is 0.325 e. The van der Waals surface area contributed by atoms with Crippen molar-refractivity contribution in [2.75, 3.05) is 4.90 Å². The number of rotatable bonds is 2. The van der Waals surface area contributed by atoms with E-state index >= 15 is 0 Å². The molecule has 0 saturated heterocycles. The van der Waals surface area contributed by atoms with Crippen molar-refractivity contribution < 1.29 is 9.90 Å². The summed E-state index contributed by atoms with van der Waals surface area (Å²) >= 11 is 0. The summed E-state index contributed by atoms with van der Waals surface area (Å²) < 4.78 is 0. The summed E-state index contributed by atoms with van der Waals surface area (Å²) in [6.45, 7) is 0. The van der Waals surface area contributed by atoms with Gasteiger partial charge in [-0.25, -0.2) is 9.69 Å². The fourth-order valence-corrected chi connectivity index (χ4v) is 1.49. The molecule has 0 aliphatic carbocycles. The molecule has 5 heteroatoms. The highest BCUT2D eigenvalue weighted by Gasteiger charge is 2.15. The second kappa shape index (κ2) is 4.52. The SMILES string of the molecule is NC(=O)N(c1ccccc1)c1cccc(O)n1. The third-order valence-electron chi connectivity index (χ3n) is 2.18. The van der Waals surface area contributed by atoms with E-state index in [1.54, 1.807) is 36.4 Å². The fourth-order valence-electron chi connectivity index (χ4n) is 1.49. The van der Waals surface area contributed by atoms with Gasteiger partial charge in [0.25, 0.3) is 0 Å². The summed E-state index contributed by atoms with van der Waals surface area (Å²) in [5, 5.41) is 9.30. The van der Waals surface area contributed by atoms with Gasteiger partial charge in [-0.2, -0.15) is 4.98 Å². The maximum absolute atomic E-state index is 11.4. The molecule has 2 rings (SSSR count). The standard InChI is InChI=1S/C12H11N3O2/c13-12(17)15(9-5-2-1-3-6-9)10-7-4-8-11(16)14-10/h1-8H,(H2,13,17)(H,14,16). The van der Waals surface area contributed by atoms with Crippen LogP contribution < -0.4 is 10.6 Å². The zero-order chi connectivity index (χ0) is 12.3. The number of nitrogens with zero attached hydrogens (tertiary/aromatic N) is 2. The molecule has 5 nitrogen and oxygen atoms in total. The normalized spacial score (nSPS) is 9.88. The number of aromatic hydroxyl groups is 1. The first-order chi connectivity index (χ1) is 8.18. The van der Waals surface area contributed by atoms with E-state index in [1.165, 1.54) is 11.0 Å². The number of para-hydroxylation sites is 1. The van der Waals surface area contributed by atoms with Gasteiger partial charge < -0.3 is 10.8 Å². The van der Waals surface area contributed by atoms with Gasteiger partial charge in [-0.1, -0.05) is 24.3 Å². The predicted molar refractivity (Wildman–Crippen MR) is 64.1 cm³/mol. The Morgan fingerprint density at radius 2 is 1.82 bits per heavy atom. The van der Waals surface area contributed by atoms with E-state index in [0.717, 1.165) is 0 Å². The minimum atomic E-state index is -0.658. The number of aromatic nitrogens is 1. The molecule has 3 N–H and O–H groups in total. The Morgan fingerprint density at radius 1 is 1.12 bits per heavy atom. The van der Waals surface area contributed by atoms with Gasteiger partial charge >= 0.3 is 6.03 Å². The van der Waals surface area contributed by atoms with Gasteiger partial charge in [-0.3, -0.25) is 0 Å². The maximum atomic E-state index is 11.4. The van der Waals surface area contributed by atoms with Crippen molar-refractivity contribution in [1.82, 2.24) is 4.98 Å². The first kappa shape index (κ1) is 10.9. The fraction of sp³-hybridized carbons (Fsp3) is 0. The number of carbonyl (C=O) groups excluding carboxylic acids is 1. The molecular formula is C12H11N3O2. The number of benzene rings is 1. The van der Waals surface area contributed by atoms with E-state index in [-0.39, 0.29) is 11.7 Å². The molecule has 1 aromatic heterocycles. The molecule has 0 aliphatic heterocycles. The molecule has 2 aromatic rings. The van der Waals surface area contributed by atoms with Gasteiger partial charge in [-0.05, 0) is 18.2 Å². The third kappa shape index (κ3) is 2.34. The van der Waals surface area contributed by atoms with Crippen molar-refractivity contribution in [1.29, 1.82) is 0 Å². The minimum Gasteiger partial charge on any atom is -0.493 e. The topological polar surface area (TPSA) is 79.5 Å². The Kier molecular flexibility index (Phi) is 2.91. The first-order valence-corrected chi connectivity index (χ1v) is 4.99. The molecule has 86 valence electrons.